The summed E-state index contributed by atoms with van der Waals surface area (Å²) in [6, 6.07) is 1.27. The predicted octanol–water partition coefficient (Wildman–Crippen LogP) is 1.71. The summed E-state index contributed by atoms with van der Waals surface area (Å²) in [5, 5.41) is 19.4. The molecule has 2 heterocycles. The van der Waals surface area contributed by atoms with E-state index in [2.05, 4.69) is 4.98 Å². The van der Waals surface area contributed by atoms with Crippen LogP contribution in [0.5, 0.6) is 0 Å². The Labute approximate surface area is 125 Å². The fourth-order valence-electron chi connectivity index (χ4n) is 2.18. The summed E-state index contributed by atoms with van der Waals surface area (Å²) in [5.41, 5.74) is -0.150. The van der Waals surface area contributed by atoms with Gasteiger partial charge in [0.15, 0.2) is 0 Å². The number of halogens is 1. The minimum absolute atomic E-state index is 0.103. The summed E-state index contributed by atoms with van der Waals surface area (Å²) >= 11 is 6.03. The number of hydrogen-bond donors (Lipinski definition) is 1. The standard InChI is InChI=1S/C12H14ClN3O5/c13-10-5-8(16(19)20)6-14-12(10)15-3-1-9(2-4-15)21-7-11(17)18/h5-6,9H,1-4,7H2,(H,17,18). The van der Waals surface area contributed by atoms with Crippen LogP contribution in [0.3, 0.4) is 0 Å². The normalized spacial score (nSPS) is 16.0. The molecule has 0 spiro atoms. The second-order valence-corrected chi connectivity index (χ2v) is 5.05. The minimum atomic E-state index is -0.988. The average Bonchev–Trinajstić information content (AvgIpc) is 2.45. The second kappa shape index (κ2) is 6.68. The van der Waals surface area contributed by atoms with Gasteiger partial charge >= 0.3 is 5.97 Å². The number of carboxylic acid groups (broad SMARTS) is 1. The minimum Gasteiger partial charge on any atom is -0.480 e. The van der Waals surface area contributed by atoms with Gasteiger partial charge in [-0.05, 0) is 12.8 Å². The number of hydrogen-bond acceptors (Lipinski definition) is 6. The number of piperidine rings is 1. The van der Waals surface area contributed by atoms with Crippen molar-refractivity contribution in [3.63, 3.8) is 0 Å². The maximum Gasteiger partial charge on any atom is 0.329 e. The number of nitro groups is 1. The molecule has 0 bridgehead atoms. The number of carbonyl (C=O) groups is 1. The third-order valence-electron chi connectivity index (χ3n) is 3.20. The van der Waals surface area contributed by atoms with Crippen molar-refractivity contribution in [2.75, 3.05) is 24.6 Å². The highest BCUT2D eigenvalue weighted by Gasteiger charge is 2.23. The first kappa shape index (κ1) is 15.5. The molecule has 0 aromatic carbocycles. The zero-order chi connectivity index (χ0) is 15.4. The van der Waals surface area contributed by atoms with E-state index in [0.29, 0.717) is 31.7 Å². The lowest BCUT2D eigenvalue weighted by molar-refractivity contribution is -0.385. The summed E-state index contributed by atoms with van der Waals surface area (Å²) in [4.78, 5) is 26.5. The van der Waals surface area contributed by atoms with Crippen LogP contribution in [0.15, 0.2) is 12.3 Å². The van der Waals surface area contributed by atoms with E-state index in [1.54, 1.807) is 0 Å². The lowest BCUT2D eigenvalue weighted by atomic mass is 10.1. The molecule has 1 aliphatic heterocycles. The molecular formula is C12H14ClN3O5. The fraction of sp³-hybridized carbons (Fsp3) is 0.500. The molecule has 0 aliphatic carbocycles. The fourth-order valence-corrected chi connectivity index (χ4v) is 2.46. The smallest absolute Gasteiger partial charge is 0.329 e. The Balaban J connectivity index is 1.96. The summed E-state index contributed by atoms with van der Waals surface area (Å²) in [6.45, 7) is 0.908. The number of nitrogens with zero attached hydrogens (tertiary/aromatic N) is 3. The van der Waals surface area contributed by atoms with Crippen LogP contribution in [0.4, 0.5) is 11.5 Å². The van der Waals surface area contributed by atoms with Crippen LogP contribution in [0.25, 0.3) is 0 Å². The van der Waals surface area contributed by atoms with Crippen molar-refractivity contribution < 1.29 is 19.6 Å². The number of aliphatic carboxylic acids is 1. The van der Waals surface area contributed by atoms with E-state index in [4.69, 9.17) is 21.4 Å². The zero-order valence-electron chi connectivity index (χ0n) is 11.1. The Morgan fingerprint density at radius 1 is 1.57 bits per heavy atom. The molecule has 114 valence electrons. The summed E-state index contributed by atoms with van der Waals surface area (Å²) in [5.74, 6) is -0.489. The number of ether oxygens (including phenoxy) is 1. The molecule has 1 aromatic heterocycles. The number of pyridine rings is 1. The molecule has 0 radical (unpaired) electrons. The van der Waals surface area contributed by atoms with Crippen molar-refractivity contribution in [3.8, 4) is 0 Å². The number of aromatic nitrogens is 1. The topological polar surface area (TPSA) is 106 Å². The van der Waals surface area contributed by atoms with Gasteiger partial charge in [0.2, 0.25) is 0 Å². The zero-order valence-corrected chi connectivity index (χ0v) is 11.8. The summed E-state index contributed by atoms with van der Waals surface area (Å²) in [7, 11) is 0. The first-order valence-electron chi connectivity index (χ1n) is 6.35. The van der Waals surface area contributed by atoms with Gasteiger partial charge in [-0.25, -0.2) is 9.78 Å². The third kappa shape index (κ3) is 4.02. The van der Waals surface area contributed by atoms with E-state index in [1.807, 2.05) is 4.90 Å². The average molecular weight is 316 g/mol. The Hall–Kier alpha value is -1.93. The van der Waals surface area contributed by atoms with Gasteiger partial charge in [-0.15, -0.1) is 0 Å². The molecule has 0 atom stereocenters. The second-order valence-electron chi connectivity index (χ2n) is 4.65. The van der Waals surface area contributed by atoms with Crippen LogP contribution >= 0.6 is 11.6 Å². The molecule has 1 N–H and O–H groups in total. The monoisotopic (exact) mass is 315 g/mol. The molecule has 1 aromatic rings. The maximum absolute atomic E-state index is 10.6. The van der Waals surface area contributed by atoms with E-state index in [1.165, 1.54) is 12.3 Å². The lowest BCUT2D eigenvalue weighted by Crippen LogP contribution is -2.38. The molecule has 9 heteroatoms. The van der Waals surface area contributed by atoms with Crippen molar-refractivity contribution in [1.29, 1.82) is 0 Å². The van der Waals surface area contributed by atoms with Crippen molar-refractivity contribution in [1.82, 2.24) is 4.98 Å². The molecule has 0 saturated carbocycles. The van der Waals surface area contributed by atoms with Crippen molar-refractivity contribution >= 4 is 29.1 Å². The third-order valence-corrected chi connectivity index (χ3v) is 3.48. The van der Waals surface area contributed by atoms with E-state index >= 15 is 0 Å². The lowest BCUT2D eigenvalue weighted by Gasteiger charge is -2.32. The van der Waals surface area contributed by atoms with Crippen molar-refractivity contribution in [3.05, 3.63) is 27.4 Å². The first-order chi connectivity index (χ1) is 9.97. The molecule has 1 saturated heterocycles. The molecule has 0 amide bonds. The van der Waals surface area contributed by atoms with Crippen LogP contribution < -0.4 is 4.90 Å². The van der Waals surface area contributed by atoms with E-state index in [0.717, 1.165) is 0 Å². The summed E-state index contributed by atoms with van der Waals surface area (Å²) in [6.07, 6.45) is 2.38. The number of anilines is 1. The molecule has 2 rings (SSSR count). The van der Waals surface area contributed by atoms with Crippen LogP contribution in [0, 0.1) is 10.1 Å². The molecule has 21 heavy (non-hydrogen) atoms. The van der Waals surface area contributed by atoms with Crippen LogP contribution in [0.1, 0.15) is 12.8 Å². The van der Waals surface area contributed by atoms with Crippen LogP contribution in [0.2, 0.25) is 5.02 Å². The Bertz CT molecular complexity index is 546. The highest BCUT2D eigenvalue weighted by Crippen LogP contribution is 2.29. The quantitative estimate of drug-likeness (QED) is 0.651. The molecule has 1 fully saturated rings. The highest BCUT2D eigenvalue weighted by atomic mass is 35.5. The Morgan fingerprint density at radius 2 is 2.24 bits per heavy atom. The largest absolute Gasteiger partial charge is 0.480 e. The van der Waals surface area contributed by atoms with Gasteiger partial charge in [0.05, 0.1) is 16.0 Å². The molecule has 8 nitrogen and oxygen atoms in total. The van der Waals surface area contributed by atoms with Gasteiger partial charge in [-0.1, -0.05) is 11.6 Å². The molecule has 0 unspecified atom stereocenters. The number of rotatable bonds is 5. The predicted molar refractivity (Wildman–Crippen MR) is 74.7 cm³/mol. The van der Waals surface area contributed by atoms with E-state index in [9.17, 15) is 14.9 Å². The van der Waals surface area contributed by atoms with Gasteiger partial charge in [-0.2, -0.15) is 0 Å². The summed E-state index contributed by atoms with van der Waals surface area (Å²) < 4.78 is 5.24. The van der Waals surface area contributed by atoms with Gasteiger partial charge < -0.3 is 14.7 Å². The highest BCUT2D eigenvalue weighted by molar-refractivity contribution is 6.33. The van der Waals surface area contributed by atoms with Gasteiger partial charge in [0, 0.05) is 19.2 Å². The van der Waals surface area contributed by atoms with E-state index < -0.39 is 10.9 Å². The maximum atomic E-state index is 10.6. The van der Waals surface area contributed by atoms with Crippen LogP contribution in [-0.2, 0) is 9.53 Å². The molecule has 1 aliphatic rings. The van der Waals surface area contributed by atoms with E-state index in [-0.39, 0.29) is 23.4 Å². The Morgan fingerprint density at radius 3 is 2.76 bits per heavy atom. The van der Waals surface area contributed by atoms with Crippen molar-refractivity contribution in [2.45, 2.75) is 18.9 Å². The van der Waals surface area contributed by atoms with Gasteiger partial charge in [0.1, 0.15) is 18.6 Å². The SMILES string of the molecule is O=C(O)COC1CCN(c2ncc([N+](=O)[O-])cc2Cl)CC1. The Kier molecular flexibility index (Phi) is 4.92. The van der Waals surface area contributed by atoms with Crippen LogP contribution in [-0.4, -0.2) is 46.8 Å². The van der Waals surface area contributed by atoms with Crippen molar-refractivity contribution in [2.24, 2.45) is 0 Å². The van der Waals surface area contributed by atoms with Gasteiger partial charge in [-0.3, -0.25) is 10.1 Å². The number of carboxylic acids is 1. The van der Waals surface area contributed by atoms with Gasteiger partial charge in [0.25, 0.3) is 5.69 Å². The first-order valence-corrected chi connectivity index (χ1v) is 6.73. The molecular weight excluding hydrogens is 302 g/mol.